The number of aliphatic hydroxyl groups is 1. The van der Waals surface area contributed by atoms with Gasteiger partial charge >= 0.3 is 0 Å². The molecule has 1 atom stereocenters. The van der Waals surface area contributed by atoms with Gasteiger partial charge in [-0.3, -0.25) is 9.59 Å². The van der Waals surface area contributed by atoms with Gasteiger partial charge in [-0.15, -0.1) is 0 Å². The molecule has 0 saturated heterocycles. The lowest BCUT2D eigenvalue weighted by molar-refractivity contribution is 0.0691. The van der Waals surface area contributed by atoms with Gasteiger partial charge in [0.05, 0.1) is 44.9 Å². The first kappa shape index (κ1) is 21.7. The van der Waals surface area contributed by atoms with E-state index in [1.54, 1.807) is 18.2 Å². The van der Waals surface area contributed by atoms with Gasteiger partial charge in [0.15, 0.2) is 16.9 Å². The van der Waals surface area contributed by atoms with E-state index < -0.39 is 11.9 Å². The fourth-order valence-corrected chi connectivity index (χ4v) is 4.42. The number of rotatable bonds is 6. The number of hydrogen-bond donors (Lipinski definition) is 1. The van der Waals surface area contributed by atoms with Crippen molar-refractivity contribution in [1.29, 1.82) is 0 Å². The maximum atomic E-state index is 13.6. The standard InChI is InChI=1S/C24H25NO7/c1-12-8-13(2)21-15(9-12)20(27)18-19(25(6-7-26)24(28)23(18)32-21)14-10-16(29-3)22(31-5)17(11-14)30-4/h8-11,19,26H,6-7H2,1-5H3/t19-/m1/s1. The molecule has 0 spiro atoms. The summed E-state index contributed by atoms with van der Waals surface area (Å²) in [5.41, 5.74) is 2.62. The molecule has 1 aromatic heterocycles. The smallest absolute Gasteiger partial charge is 0.290 e. The van der Waals surface area contributed by atoms with Crippen molar-refractivity contribution >= 4 is 16.9 Å². The second kappa shape index (κ2) is 8.20. The molecule has 1 aliphatic heterocycles. The van der Waals surface area contributed by atoms with E-state index in [-0.39, 0.29) is 29.9 Å². The van der Waals surface area contributed by atoms with Crippen LogP contribution in [0.2, 0.25) is 0 Å². The molecule has 1 N–H and O–H groups in total. The van der Waals surface area contributed by atoms with Crippen molar-refractivity contribution in [3.63, 3.8) is 0 Å². The number of amides is 1. The summed E-state index contributed by atoms with van der Waals surface area (Å²) in [4.78, 5) is 28.3. The Morgan fingerprint density at radius 3 is 2.22 bits per heavy atom. The number of ether oxygens (including phenoxy) is 3. The second-order valence-corrected chi connectivity index (χ2v) is 7.72. The highest BCUT2D eigenvalue weighted by atomic mass is 16.5. The maximum Gasteiger partial charge on any atom is 0.290 e. The number of aliphatic hydroxyl groups excluding tert-OH is 1. The number of nitrogens with zero attached hydrogens (tertiary/aromatic N) is 1. The normalized spacial score (nSPS) is 15.2. The summed E-state index contributed by atoms with van der Waals surface area (Å²) in [6.07, 6.45) is 0. The second-order valence-electron chi connectivity index (χ2n) is 7.72. The largest absolute Gasteiger partial charge is 0.493 e. The molecule has 0 radical (unpaired) electrons. The Balaban J connectivity index is 2.05. The first-order valence-electron chi connectivity index (χ1n) is 10.2. The molecule has 4 rings (SSSR count). The van der Waals surface area contributed by atoms with Gasteiger partial charge in [-0.2, -0.15) is 0 Å². The SMILES string of the molecule is COc1cc([C@@H]2c3c(oc4c(C)cc(C)cc4c3=O)C(=O)N2CCO)cc(OC)c1OC. The van der Waals surface area contributed by atoms with Crippen LogP contribution in [-0.2, 0) is 0 Å². The van der Waals surface area contributed by atoms with Gasteiger partial charge < -0.3 is 28.6 Å². The summed E-state index contributed by atoms with van der Waals surface area (Å²) in [5, 5.41) is 10.1. The molecule has 1 aliphatic rings. The van der Waals surface area contributed by atoms with Gasteiger partial charge in [-0.1, -0.05) is 6.07 Å². The molecule has 1 amide bonds. The highest BCUT2D eigenvalue weighted by Crippen LogP contribution is 2.45. The Labute approximate surface area is 184 Å². The minimum atomic E-state index is -0.778. The average Bonchev–Trinajstić information content (AvgIpc) is 3.06. The maximum absolute atomic E-state index is 13.6. The number of β-amino-alcohol motifs (C(OH)–C–C–N with tert-alkyl or cyclic N) is 1. The third kappa shape index (κ3) is 3.18. The van der Waals surface area contributed by atoms with Crippen LogP contribution in [-0.4, -0.2) is 50.4 Å². The van der Waals surface area contributed by atoms with Gasteiger partial charge in [-0.25, -0.2) is 0 Å². The van der Waals surface area contributed by atoms with Crippen LogP contribution in [0.4, 0.5) is 0 Å². The van der Waals surface area contributed by atoms with Crippen molar-refractivity contribution in [3.8, 4) is 17.2 Å². The van der Waals surface area contributed by atoms with Crippen LogP contribution in [0, 0.1) is 13.8 Å². The lowest BCUT2D eigenvalue weighted by Gasteiger charge is -2.25. The van der Waals surface area contributed by atoms with E-state index in [1.165, 1.54) is 26.2 Å². The zero-order chi connectivity index (χ0) is 23.2. The predicted octanol–water partition coefficient (Wildman–Crippen LogP) is 2.97. The zero-order valence-corrected chi connectivity index (χ0v) is 18.6. The lowest BCUT2D eigenvalue weighted by atomic mass is 9.96. The molecule has 2 heterocycles. The Kier molecular flexibility index (Phi) is 5.56. The molecule has 0 fully saturated rings. The van der Waals surface area contributed by atoms with Crippen LogP contribution < -0.4 is 19.6 Å². The van der Waals surface area contributed by atoms with Gasteiger partial charge in [0.25, 0.3) is 5.91 Å². The van der Waals surface area contributed by atoms with Crippen molar-refractivity contribution < 1.29 is 28.5 Å². The Morgan fingerprint density at radius 2 is 1.66 bits per heavy atom. The third-order valence-corrected chi connectivity index (χ3v) is 5.74. The molecule has 32 heavy (non-hydrogen) atoms. The molecule has 0 aliphatic carbocycles. The Bertz CT molecular complexity index is 1250. The molecule has 2 aromatic carbocycles. The van der Waals surface area contributed by atoms with Crippen LogP contribution >= 0.6 is 0 Å². The number of aryl methyl sites for hydroxylation is 2. The fraction of sp³-hybridized carbons (Fsp3) is 0.333. The molecule has 8 nitrogen and oxygen atoms in total. The zero-order valence-electron chi connectivity index (χ0n) is 18.6. The van der Waals surface area contributed by atoms with Crippen molar-refractivity contribution in [1.82, 2.24) is 4.90 Å². The minimum Gasteiger partial charge on any atom is -0.493 e. The fourth-order valence-electron chi connectivity index (χ4n) is 4.42. The molecule has 3 aromatic rings. The number of carbonyl (C=O) groups excluding carboxylic acids is 1. The van der Waals surface area contributed by atoms with Crippen molar-refractivity contribution in [3.05, 3.63) is 62.5 Å². The van der Waals surface area contributed by atoms with Crippen molar-refractivity contribution in [2.75, 3.05) is 34.5 Å². The van der Waals surface area contributed by atoms with Gasteiger partial charge in [-0.05, 0) is 48.7 Å². The number of fused-ring (bicyclic) bond motifs is 2. The third-order valence-electron chi connectivity index (χ3n) is 5.74. The van der Waals surface area contributed by atoms with E-state index in [0.29, 0.717) is 33.8 Å². The first-order valence-corrected chi connectivity index (χ1v) is 10.2. The van der Waals surface area contributed by atoms with Crippen LogP contribution in [0.15, 0.2) is 33.5 Å². The highest BCUT2D eigenvalue weighted by Gasteiger charge is 2.43. The van der Waals surface area contributed by atoms with E-state index in [2.05, 4.69) is 0 Å². The summed E-state index contributed by atoms with van der Waals surface area (Å²) in [7, 11) is 4.49. The molecular formula is C24H25NO7. The summed E-state index contributed by atoms with van der Waals surface area (Å²) in [6, 6.07) is 6.28. The summed E-state index contributed by atoms with van der Waals surface area (Å²) >= 11 is 0. The molecule has 0 saturated carbocycles. The van der Waals surface area contributed by atoms with Gasteiger partial charge in [0.1, 0.15) is 5.58 Å². The Hall–Kier alpha value is -3.52. The Morgan fingerprint density at radius 1 is 1.00 bits per heavy atom. The monoisotopic (exact) mass is 439 g/mol. The van der Waals surface area contributed by atoms with E-state index in [1.807, 2.05) is 19.9 Å². The molecule has 0 unspecified atom stereocenters. The summed E-state index contributed by atoms with van der Waals surface area (Å²) in [5.74, 6) is 0.717. The van der Waals surface area contributed by atoms with Gasteiger partial charge in [0.2, 0.25) is 11.5 Å². The average molecular weight is 439 g/mol. The summed E-state index contributed by atoms with van der Waals surface area (Å²) < 4.78 is 22.3. The minimum absolute atomic E-state index is 0.0124. The van der Waals surface area contributed by atoms with Gasteiger partial charge in [0, 0.05) is 6.54 Å². The topological polar surface area (TPSA) is 98.4 Å². The van der Waals surface area contributed by atoms with E-state index >= 15 is 0 Å². The van der Waals surface area contributed by atoms with E-state index in [0.717, 1.165) is 11.1 Å². The number of carbonyl (C=O) groups is 1. The van der Waals surface area contributed by atoms with Crippen LogP contribution in [0.1, 0.15) is 38.9 Å². The molecule has 168 valence electrons. The molecule has 8 heteroatoms. The number of benzene rings is 2. The van der Waals surface area contributed by atoms with Crippen molar-refractivity contribution in [2.45, 2.75) is 19.9 Å². The first-order chi connectivity index (χ1) is 15.4. The quantitative estimate of drug-likeness (QED) is 0.630. The van der Waals surface area contributed by atoms with Crippen LogP contribution in [0.25, 0.3) is 11.0 Å². The molecule has 0 bridgehead atoms. The predicted molar refractivity (Wildman–Crippen MR) is 118 cm³/mol. The van der Waals surface area contributed by atoms with E-state index in [4.69, 9.17) is 18.6 Å². The summed E-state index contributed by atoms with van der Waals surface area (Å²) in [6.45, 7) is 3.50. The highest BCUT2D eigenvalue weighted by molar-refractivity contribution is 5.99. The van der Waals surface area contributed by atoms with E-state index in [9.17, 15) is 14.7 Å². The van der Waals surface area contributed by atoms with Crippen LogP contribution in [0.5, 0.6) is 17.2 Å². The van der Waals surface area contributed by atoms with Crippen molar-refractivity contribution in [2.24, 2.45) is 0 Å². The van der Waals surface area contributed by atoms with Crippen LogP contribution in [0.3, 0.4) is 0 Å². The molecular weight excluding hydrogens is 414 g/mol. The lowest BCUT2D eigenvalue weighted by Crippen LogP contribution is -2.32. The number of methoxy groups -OCH3 is 3. The number of hydrogen-bond acceptors (Lipinski definition) is 7.